The lowest BCUT2D eigenvalue weighted by atomic mass is 10.1. The van der Waals surface area contributed by atoms with Gasteiger partial charge in [0, 0.05) is 36.3 Å². The smallest absolute Gasteiger partial charge is 0.321 e. The molecule has 31 heavy (non-hydrogen) atoms. The average molecular weight is 440 g/mol. The number of nitrogens with zero attached hydrogens (tertiary/aromatic N) is 2. The number of rotatable bonds is 12. The van der Waals surface area contributed by atoms with Crippen LogP contribution in [-0.2, 0) is 30.6 Å². The molecular weight excluding hydrogens is 410 g/mol. The summed E-state index contributed by atoms with van der Waals surface area (Å²) in [5, 5.41) is 13.6. The van der Waals surface area contributed by atoms with E-state index in [1.165, 1.54) is 0 Å². The number of aryl methyl sites for hydroxylation is 1. The maximum atomic E-state index is 11.7. The van der Waals surface area contributed by atoms with E-state index in [1.807, 2.05) is 60.8 Å². The number of carboxylic acids is 1. The van der Waals surface area contributed by atoms with Gasteiger partial charge in [0.25, 0.3) is 0 Å². The maximum Gasteiger partial charge on any atom is 0.321 e. The standard InChI is InChI=1S/C25H30ClN3O2/c1-2-3-13-24-28-17-21(29(24)18-20-11-7-8-12-22(20)26)14-15-27-23(25(30)31)16-19-9-5-4-6-10-19/h4-12,17,23,27H,2-3,13-16,18H2,1H3,(H,30,31)/t23-/m0/s1. The minimum atomic E-state index is -0.836. The summed E-state index contributed by atoms with van der Waals surface area (Å²) in [5.41, 5.74) is 3.15. The summed E-state index contributed by atoms with van der Waals surface area (Å²) in [5.74, 6) is 0.216. The monoisotopic (exact) mass is 439 g/mol. The van der Waals surface area contributed by atoms with Gasteiger partial charge in [0.15, 0.2) is 0 Å². The first kappa shape index (κ1) is 23.0. The molecule has 0 spiro atoms. The lowest BCUT2D eigenvalue weighted by molar-refractivity contribution is -0.139. The van der Waals surface area contributed by atoms with Gasteiger partial charge in [-0.25, -0.2) is 4.98 Å². The van der Waals surface area contributed by atoms with E-state index in [4.69, 9.17) is 11.6 Å². The summed E-state index contributed by atoms with van der Waals surface area (Å²) in [6.07, 6.45) is 6.17. The van der Waals surface area contributed by atoms with Crippen molar-refractivity contribution in [2.24, 2.45) is 0 Å². The fourth-order valence-electron chi connectivity index (χ4n) is 3.65. The Morgan fingerprint density at radius 2 is 1.87 bits per heavy atom. The van der Waals surface area contributed by atoms with Crippen LogP contribution in [0.3, 0.4) is 0 Å². The number of imidazole rings is 1. The largest absolute Gasteiger partial charge is 0.480 e. The highest BCUT2D eigenvalue weighted by Crippen LogP contribution is 2.19. The second-order valence-electron chi connectivity index (χ2n) is 7.73. The van der Waals surface area contributed by atoms with Crippen molar-refractivity contribution in [1.82, 2.24) is 14.9 Å². The Bertz CT molecular complexity index is 972. The number of carbonyl (C=O) groups is 1. The molecule has 3 rings (SSSR count). The lowest BCUT2D eigenvalue weighted by Crippen LogP contribution is -2.39. The molecule has 0 fully saturated rings. The Kier molecular flexibility index (Phi) is 8.68. The van der Waals surface area contributed by atoms with E-state index in [9.17, 15) is 9.90 Å². The molecule has 0 aliphatic carbocycles. The number of aliphatic carboxylic acids is 1. The van der Waals surface area contributed by atoms with Crippen molar-refractivity contribution in [3.63, 3.8) is 0 Å². The van der Waals surface area contributed by atoms with E-state index in [0.717, 1.165) is 46.9 Å². The van der Waals surface area contributed by atoms with E-state index in [-0.39, 0.29) is 0 Å². The summed E-state index contributed by atoms with van der Waals surface area (Å²) in [6.45, 7) is 3.40. The molecule has 164 valence electrons. The summed E-state index contributed by atoms with van der Waals surface area (Å²) >= 11 is 6.40. The van der Waals surface area contributed by atoms with Crippen molar-refractivity contribution in [3.05, 3.63) is 88.5 Å². The topological polar surface area (TPSA) is 67.2 Å². The van der Waals surface area contributed by atoms with E-state index < -0.39 is 12.0 Å². The summed E-state index contributed by atoms with van der Waals surface area (Å²) in [4.78, 5) is 16.4. The highest BCUT2D eigenvalue weighted by molar-refractivity contribution is 6.31. The molecular formula is C25H30ClN3O2. The first-order valence-electron chi connectivity index (χ1n) is 10.8. The summed E-state index contributed by atoms with van der Waals surface area (Å²) in [6, 6.07) is 16.9. The minimum Gasteiger partial charge on any atom is -0.480 e. The molecule has 0 saturated carbocycles. The third-order valence-electron chi connectivity index (χ3n) is 5.41. The Balaban J connectivity index is 1.69. The van der Waals surface area contributed by atoms with Crippen molar-refractivity contribution < 1.29 is 9.90 Å². The van der Waals surface area contributed by atoms with Gasteiger partial charge in [-0.3, -0.25) is 4.79 Å². The number of halogens is 1. The molecule has 0 aliphatic heterocycles. The number of hydrogen-bond acceptors (Lipinski definition) is 3. The van der Waals surface area contributed by atoms with Crippen molar-refractivity contribution in [1.29, 1.82) is 0 Å². The van der Waals surface area contributed by atoms with Gasteiger partial charge in [-0.1, -0.05) is 73.5 Å². The van der Waals surface area contributed by atoms with Gasteiger partial charge in [0.2, 0.25) is 0 Å². The van der Waals surface area contributed by atoms with Gasteiger partial charge < -0.3 is 15.0 Å². The van der Waals surface area contributed by atoms with Crippen molar-refractivity contribution >= 4 is 17.6 Å². The predicted octanol–water partition coefficient (Wildman–Crippen LogP) is 4.76. The van der Waals surface area contributed by atoms with Crippen LogP contribution >= 0.6 is 11.6 Å². The van der Waals surface area contributed by atoms with Crippen LogP contribution in [0.15, 0.2) is 60.8 Å². The van der Waals surface area contributed by atoms with Gasteiger partial charge in [-0.2, -0.15) is 0 Å². The minimum absolute atomic E-state index is 0.455. The van der Waals surface area contributed by atoms with Crippen LogP contribution in [0.1, 0.15) is 42.4 Å². The SMILES string of the molecule is CCCCc1ncc(CCN[C@@H](Cc2ccccc2)C(=O)O)n1Cc1ccccc1Cl. The molecule has 5 nitrogen and oxygen atoms in total. The number of benzene rings is 2. The number of unbranched alkanes of at least 4 members (excludes halogenated alkanes) is 1. The quantitative estimate of drug-likeness (QED) is 0.427. The lowest BCUT2D eigenvalue weighted by Gasteiger charge is -2.16. The Labute approximate surface area is 189 Å². The highest BCUT2D eigenvalue weighted by Gasteiger charge is 2.18. The molecule has 0 amide bonds. The molecule has 1 heterocycles. The Morgan fingerprint density at radius 1 is 1.13 bits per heavy atom. The van der Waals surface area contributed by atoms with Gasteiger partial charge in [-0.15, -0.1) is 0 Å². The fourth-order valence-corrected chi connectivity index (χ4v) is 3.84. The van der Waals surface area contributed by atoms with Gasteiger partial charge in [0.05, 0.1) is 6.54 Å². The van der Waals surface area contributed by atoms with E-state index in [0.29, 0.717) is 25.9 Å². The van der Waals surface area contributed by atoms with Crippen LogP contribution in [0.25, 0.3) is 0 Å². The zero-order valence-electron chi connectivity index (χ0n) is 17.9. The van der Waals surface area contributed by atoms with Gasteiger partial charge in [-0.05, 0) is 30.0 Å². The highest BCUT2D eigenvalue weighted by atomic mass is 35.5. The molecule has 3 aromatic rings. The molecule has 0 radical (unpaired) electrons. The van der Waals surface area contributed by atoms with Crippen LogP contribution < -0.4 is 5.32 Å². The molecule has 2 aromatic carbocycles. The summed E-state index contributed by atoms with van der Waals surface area (Å²) in [7, 11) is 0. The average Bonchev–Trinajstić information content (AvgIpc) is 3.15. The third-order valence-corrected chi connectivity index (χ3v) is 5.78. The van der Waals surface area contributed by atoms with Gasteiger partial charge in [0.1, 0.15) is 11.9 Å². The zero-order valence-corrected chi connectivity index (χ0v) is 18.7. The molecule has 1 atom stereocenters. The fraction of sp³-hybridized carbons (Fsp3) is 0.360. The van der Waals surface area contributed by atoms with E-state index in [1.54, 1.807) is 0 Å². The number of aromatic nitrogens is 2. The van der Waals surface area contributed by atoms with Gasteiger partial charge >= 0.3 is 5.97 Å². The predicted molar refractivity (Wildman–Crippen MR) is 125 cm³/mol. The zero-order chi connectivity index (χ0) is 22.1. The third kappa shape index (κ3) is 6.68. The van der Waals surface area contributed by atoms with Crippen molar-refractivity contribution in [3.8, 4) is 0 Å². The Hall–Kier alpha value is -2.63. The Morgan fingerprint density at radius 3 is 2.58 bits per heavy atom. The van der Waals surface area contributed by atoms with E-state index in [2.05, 4.69) is 21.8 Å². The molecule has 0 saturated heterocycles. The second-order valence-corrected chi connectivity index (χ2v) is 8.14. The van der Waals surface area contributed by atoms with E-state index >= 15 is 0 Å². The van der Waals surface area contributed by atoms with Crippen molar-refractivity contribution in [2.45, 2.75) is 51.6 Å². The van der Waals surface area contributed by atoms with Crippen LogP contribution in [-0.4, -0.2) is 33.2 Å². The number of nitrogens with one attached hydrogen (secondary N) is 1. The molecule has 0 aliphatic rings. The van der Waals surface area contributed by atoms with Crippen LogP contribution in [0, 0.1) is 0 Å². The second kappa shape index (κ2) is 11.7. The first-order valence-corrected chi connectivity index (χ1v) is 11.2. The summed E-state index contributed by atoms with van der Waals surface area (Å²) < 4.78 is 2.23. The van der Waals surface area contributed by atoms with Crippen LogP contribution in [0.2, 0.25) is 5.02 Å². The molecule has 1 aromatic heterocycles. The van der Waals surface area contributed by atoms with Crippen molar-refractivity contribution in [2.75, 3.05) is 6.54 Å². The maximum absolute atomic E-state index is 11.7. The van der Waals surface area contributed by atoms with Crippen LogP contribution in [0.4, 0.5) is 0 Å². The molecule has 2 N–H and O–H groups in total. The van der Waals surface area contributed by atoms with Crippen LogP contribution in [0.5, 0.6) is 0 Å². The normalized spacial score (nSPS) is 12.1. The number of carboxylic acid groups (broad SMARTS) is 1. The first-order chi connectivity index (χ1) is 15.1. The molecule has 0 bridgehead atoms. The molecule has 6 heteroatoms. The molecule has 0 unspecified atom stereocenters. The number of hydrogen-bond donors (Lipinski definition) is 2.